The van der Waals surface area contributed by atoms with Crippen LogP contribution in [0, 0.1) is 0 Å². The fourth-order valence-electron chi connectivity index (χ4n) is 1.99. The molecule has 5 heteroatoms. The second-order valence-corrected chi connectivity index (χ2v) is 4.55. The summed E-state index contributed by atoms with van der Waals surface area (Å²) >= 11 is 5.62. The molecule has 0 aliphatic carbocycles. The van der Waals surface area contributed by atoms with Crippen LogP contribution in [0.5, 0.6) is 0 Å². The maximum absolute atomic E-state index is 12.5. The minimum atomic E-state index is -2.59. The number of anilines is 1. The Morgan fingerprint density at radius 2 is 2.06 bits per heavy atom. The first-order chi connectivity index (χ1) is 8.00. The molecule has 0 saturated heterocycles. The fourth-order valence-corrected chi connectivity index (χ4v) is 2.13. The topological polar surface area (TPSA) is 20.3 Å². The molecule has 1 aliphatic rings. The van der Waals surface area contributed by atoms with E-state index in [1.165, 1.54) is 0 Å². The van der Waals surface area contributed by atoms with E-state index in [0.29, 0.717) is 18.4 Å². The predicted molar refractivity (Wildman–Crippen MR) is 62.8 cm³/mol. The van der Waals surface area contributed by atoms with Crippen LogP contribution in [-0.4, -0.2) is 19.4 Å². The molecule has 0 bridgehead atoms. The number of alkyl halides is 3. The molecule has 1 aromatic rings. The maximum atomic E-state index is 12.5. The highest BCUT2D eigenvalue weighted by atomic mass is 35.5. The van der Waals surface area contributed by atoms with Crippen molar-refractivity contribution >= 4 is 23.2 Å². The van der Waals surface area contributed by atoms with E-state index in [2.05, 4.69) is 0 Å². The van der Waals surface area contributed by atoms with Crippen LogP contribution >= 0.6 is 11.6 Å². The van der Waals surface area contributed by atoms with Gasteiger partial charge in [0.1, 0.15) is 5.38 Å². The summed E-state index contributed by atoms with van der Waals surface area (Å²) in [6, 6.07) is 4.90. The van der Waals surface area contributed by atoms with Gasteiger partial charge in [0.05, 0.1) is 0 Å². The number of carbonyl (C=O) groups excluding carboxylic acids is 1. The summed E-state index contributed by atoms with van der Waals surface area (Å²) in [6.45, 7) is 0. The van der Waals surface area contributed by atoms with Gasteiger partial charge in [-0.05, 0) is 23.6 Å². The summed E-state index contributed by atoms with van der Waals surface area (Å²) in [6.07, 6.45) is -1.59. The second-order valence-electron chi connectivity index (χ2n) is 4.08. The number of aryl methyl sites for hydroxylation is 1. The smallest absolute Gasteiger partial charge is 0.258 e. The first-order valence-electron chi connectivity index (χ1n) is 5.32. The molecule has 0 spiro atoms. The molecule has 92 valence electrons. The van der Waals surface area contributed by atoms with Crippen LogP contribution in [0.4, 0.5) is 14.5 Å². The van der Waals surface area contributed by atoms with Crippen LogP contribution in [-0.2, 0) is 11.2 Å². The number of rotatable bonds is 2. The van der Waals surface area contributed by atoms with Crippen LogP contribution < -0.4 is 4.90 Å². The third-order valence-corrected chi connectivity index (χ3v) is 3.43. The number of halogens is 3. The standard InChI is InChI=1S/C12H12ClF2NO/c1-16-9-4-2-8(11(13)12(14)15)6-7(9)3-5-10(16)17/h2,4,6,11-12H,3,5H2,1H3. The van der Waals surface area contributed by atoms with E-state index in [0.717, 1.165) is 11.3 Å². The van der Waals surface area contributed by atoms with Crippen molar-refractivity contribution < 1.29 is 13.6 Å². The Hall–Kier alpha value is -1.16. The molecular weight excluding hydrogens is 248 g/mol. The van der Waals surface area contributed by atoms with Gasteiger partial charge in [0, 0.05) is 19.2 Å². The van der Waals surface area contributed by atoms with Crippen LogP contribution in [0.3, 0.4) is 0 Å². The van der Waals surface area contributed by atoms with Gasteiger partial charge >= 0.3 is 0 Å². The molecule has 1 heterocycles. The zero-order valence-corrected chi connectivity index (χ0v) is 10.0. The third-order valence-electron chi connectivity index (χ3n) is 2.99. The Balaban J connectivity index is 2.35. The molecule has 1 aliphatic heterocycles. The van der Waals surface area contributed by atoms with Gasteiger partial charge in [-0.2, -0.15) is 0 Å². The largest absolute Gasteiger partial charge is 0.315 e. The Bertz CT molecular complexity index is 450. The lowest BCUT2D eigenvalue weighted by atomic mass is 9.98. The lowest BCUT2D eigenvalue weighted by Gasteiger charge is -2.26. The summed E-state index contributed by atoms with van der Waals surface area (Å²) < 4.78 is 25.0. The molecule has 0 saturated carbocycles. The van der Waals surface area contributed by atoms with E-state index in [-0.39, 0.29) is 5.91 Å². The molecule has 17 heavy (non-hydrogen) atoms. The number of fused-ring (bicyclic) bond motifs is 1. The van der Waals surface area contributed by atoms with Crippen LogP contribution in [0.2, 0.25) is 0 Å². The normalized spacial score (nSPS) is 17.2. The molecule has 0 N–H and O–H groups in total. The Morgan fingerprint density at radius 1 is 1.35 bits per heavy atom. The SMILES string of the molecule is CN1C(=O)CCc2cc(C(Cl)C(F)F)ccc21. The number of benzene rings is 1. The Kier molecular flexibility index (Phi) is 3.33. The van der Waals surface area contributed by atoms with Gasteiger partial charge in [-0.3, -0.25) is 4.79 Å². The minimum Gasteiger partial charge on any atom is -0.315 e. The van der Waals surface area contributed by atoms with E-state index in [4.69, 9.17) is 11.6 Å². The van der Waals surface area contributed by atoms with Gasteiger partial charge in [0.15, 0.2) is 0 Å². The number of carbonyl (C=O) groups is 1. The van der Waals surface area contributed by atoms with Crippen molar-refractivity contribution in [3.05, 3.63) is 29.3 Å². The Morgan fingerprint density at radius 3 is 2.71 bits per heavy atom. The first kappa shape index (κ1) is 12.3. The molecule has 0 radical (unpaired) electrons. The summed E-state index contributed by atoms with van der Waals surface area (Å²) in [7, 11) is 1.69. The lowest BCUT2D eigenvalue weighted by Crippen LogP contribution is -2.31. The monoisotopic (exact) mass is 259 g/mol. The van der Waals surface area contributed by atoms with E-state index >= 15 is 0 Å². The van der Waals surface area contributed by atoms with Gasteiger partial charge in [0.25, 0.3) is 6.43 Å². The van der Waals surface area contributed by atoms with E-state index < -0.39 is 11.8 Å². The van der Waals surface area contributed by atoms with Gasteiger partial charge < -0.3 is 4.90 Å². The van der Waals surface area contributed by atoms with Crippen molar-refractivity contribution in [2.24, 2.45) is 0 Å². The van der Waals surface area contributed by atoms with E-state index in [1.807, 2.05) is 0 Å². The summed E-state index contributed by atoms with van der Waals surface area (Å²) in [5, 5.41) is -1.29. The van der Waals surface area contributed by atoms with Crippen molar-refractivity contribution in [2.45, 2.75) is 24.6 Å². The average molecular weight is 260 g/mol. The van der Waals surface area contributed by atoms with Crippen molar-refractivity contribution in [3.63, 3.8) is 0 Å². The summed E-state index contributed by atoms with van der Waals surface area (Å²) in [4.78, 5) is 13.0. The maximum Gasteiger partial charge on any atom is 0.258 e. The van der Waals surface area contributed by atoms with E-state index in [9.17, 15) is 13.6 Å². The molecule has 2 nitrogen and oxygen atoms in total. The van der Waals surface area contributed by atoms with Gasteiger partial charge in [0.2, 0.25) is 5.91 Å². The molecular formula is C12H12ClF2NO. The fraction of sp³-hybridized carbons (Fsp3) is 0.417. The molecule has 2 rings (SSSR count). The summed E-state index contributed by atoms with van der Waals surface area (Å²) in [5.41, 5.74) is 2.09. The van der Waals surface area contributed by atoms with Crippen molar-refractivity contribution in [2.75, 3.05) is 11.9 Å². The van der Waals surface area contributed by atoms with Gasteiger partial charge in [-0.15, -0.1) is 11.6 Å². The highest BCUT2D eigenvalue weighted by Gasteiger charge is 2.24. The van der Waals surface area contributed by atoms with Crippen LogP contribution in [0.15, 0.2) is 18.2 Å². The molecule has 0 aromatic heterocycles. The van der Waals surface area contributed by atoms with Crippen LogP contribution in [0.25, 0.3) is 0 Å². The number of hydrogen-bond acceptors (Lipinski definition) is 1. The van der Waals surface area contributed by atoms with E-state index in [1.54, 1.807) is 30.1 Å². The molecule has 1 aromatic carbocycles. The first-order valence-corrected chi connectivity index (χ1v) is 5.76. The molecule has 0 fully saturated rings. The quantitative estimate of drug-likeness (QED) is 0.747. The Labute approximate surface area is 103 Å². The van der Waals surface area contributed by atoms with Gasteiger partial charge in [-0.25, -0.2) is 8.78 Å². The highest BCUT2D eigenvalue weighted by molar-refractivity contribution is 6.21. The number of hydrogen-bond donors (Lipinski definition) is 0. The number of amides is 1. The lowest BCUT2D eigenvalue weighted by molar-refractivity contribution is -0.118. The van der Waals surface area contributed by atoms with Crippen molar-refractivity contribution in [1.82, 2.24) is 0 Å². The second kappa shape index (κ2) is 4.61. The molecule has 1 amide bonds. The zero-order chi connectivity index (χ0) is 12.6. The van der Waals surface area contributed by atoms with Crippen LogP contribution in [0.1, 0.15) is 22.9 Å². The minimum absolute atomic E-state index is 0.0431. The average Bonchev–Trinajstić information content (AvgIpc) is 2.32. The van der Waals surface area contributed by atoms with Crippen molar-refractivity contribution in [3.8, 4) is 0 Å². The zero-order valence-electron chi connectivity index (χ0n) is 9.29. The molecule has 1 atom stereocenters. The van der Waals surface area contributed by atoms with Gasteiger partial charge in [-0.1, -0.05) is 12.1 Å². The highest BCUT2D eigenvalue weighted by Crippen LogP contribution is 2.33. The molecule has 1 unspecified atom stereocenters. The predicted octanol–water partition coefficient (Wildman–Crippen LogP) is 3.14. The summed E-state index contributed by atoms with van der Waals surface area (Å²) in [5.74, 6) is 0.0431. The third kappa shape index (κ3) is 2.27. The van der Waals surface area contributed by atoms with Crippen molar-refractivity contribution in [1.29, 1.82) is 0 Å². The number of nitrogens with zero attached hydrogens (tertiary/aromatic N) is 1.